The first kappa shape index (κ1) is 27.6. The molecule has 1 atom stereocenters. The zero-order chi connectivity index (χ0) is 26.8. The number of amides is 1. The largest absolute Gasteiger partial charge is 0.376 e. The van der Waals surface area contributed by atoms with E-state index in [4.69, 9.17) is 4.74 Å². The number of unbranched alkanes of at least 4 members (excludes halogenated alkanes) is 1. The molecule has 1 fully saturated rings. The van der Waals surface area contributed by atoms with E-state index in [1.807, 2.05) is 6.92 Å². The first-order valence-corrected chi connectivity index (χ1v) is 16.3. The average Bonchev–Trinajstić information content (AvgIpc) is 3.54. The van der Waals surface area contributed by atoms with Crippen molar-refractivity contribution in [2.75, 3.05) is 37.9 Å². The number of anilines is 1. The van der Waals surface area contributed by atoms with Gasteiger partial charge < -0.3 is 4.74 Å². The molecule has 12 heteroatoms. The molecule has 0 saturated carbocycles. The molecule has 1 aliphatic rings. The number of rotatable bonds is 10. The van der Waals surface area contributed by atoms with Crippen LogP contribution in [0.25, 0.3) is 10.2 Å². The van der Waals surface area contributed by atoms with Gasteiger partial charge in [0.25, 0.3) is 5.91 Å². The summed E-state index contributed by atoms with van der Waals surface area (Å²) in [5.74, 6) is -0.332. The number of nitrogens with zero attached hydrogens (tertiary/aromatic N) is 3. The first-order chi connectivity index (χ1) is 17.5. The van der Waals surface area contributed by atoms with Gasteiger partial charge in [-0.05, 0) is 61.7 Å². The quantitative estimate of drug-likeness (QED) is 0.366. The van der Waals surface area contributed by atoms with Crippen molar-refractivity contribution in [3.63, 3.8) is 0 Å². The summed E-state index contributed by atoms with van der Waals surface area (Å²) in [4.78, 5) is 20.1. The number of sulfonamides is 1. The van der Waals surface area contributed by atoms with Crippen LogP contribution in [0.2, 0.25) is 0 Å². The Bertz CT molecular complexity index is 1480. The van der Waals surface area contributed by atoms with Gasteiger partial charge in [0.2, 0.25) is 10.0 Å². The first-order valence-electron chi connectivity index (χ1n) is 12.1. The highest BCUT2D eigenvalue weighted by Gasteiger charge is 2.28. The Morgan fingerprint density at radius 2 is 1.81 bits per heavy atom. The number of benzene rings is 2. The molecule has 2 heterocycles. The maximum atomic E-state index is 13.7. The molecule has 9 nitrogen and oxygen atoms in total. The van der Waals surface area contributed by atoms with E-state index in [-0.39, 0.29) is 28.3 Å². The van der Waals surface area contributed by atoms with E-state index < -0.39 is 19.9 Å². The topological polar surface area (TPSA) is 114 Å². The van der Waals surface area contributed by atoms with Crippen molar-refractivity contribution < 1.29 is 26.4 Å². The summed E-state index contributed by atoms with van der Waals surface area (Å²) >= 11 is 1.23. The van der Waals surface area contributed by atoms with E-state index in [0.717, 1.165) is 31.9 Å². The minimum atomic E-state index is -3.65. The smallest absolute Gasteiger partial charge is 0.260 e. The minimum Gasteiger partial charge on any atom is -0.376 e. The molecule has 0 radical (unpaired) electrons. The van der Waals surface area contributed by atoms with E-state index >= 15 is 0 Å². The summed E-state index contributed by atoms with van der Waals surface area (Å²) in [5, 5.41) is 0.428. The molecule has 1 saturated heterocycles. The second-order valence-electron chi connectivity index (χ2n) is 9.15. The zero-order valence-corrected chi connectivity index (χ0v) is 23.5. The van der Waals surface area contributed by atoms with E-state index in [2.05, 4.69) is 4.98 Å². The van der Waals surface area contributed by atoms with Crippen molar-refractivity contribution >= 4 is 52.5 Å². The van der Waals surface area contributed by atoms with Crippen LogP contribution in [-0.4, -0.2) is 71.1 Å². The summed E-state index contributed by atoms with van der Waals surface area (Å²) in [7, 11) is -5.48. The fourth-order valence-corrected chi connectivity index (χ4v) is 7.03. The molecule has 0 spiro atoms. The van der Waals surface area contributed by atoms with Crippen LogP contribution in [0, 0.1) is 0 Å². The van der Waals surface area contributed by atoms with Gasteiger partial charge in [-0.2, -0.15) is 0 Å². The third-order valence-corrected chi connectivity index (χ3v) is 10.3. The molecule has 200 valence electrons. The number of hydrogen-bond acceptors (Lipinski definition) is 8. The summed E-state index contributed by atoms with van der Waals surface area (Å²) in [6.45, 7) is 3.34. The molecule has 1 amide bonds. The van der Waals surface area contributed by atoms with Gasteiger partial charge in [0, 0.05) is 32.0 Å². The van der Waals surface area contributed by atoms with Gasteiger partial charge in [-0.25, -0.2) is 26.1 Å². The van der Waals surface area contributed by atoms with Crippen LogP contribution in [0.1, 0.15) is 43.0 Å². The third-order valence-electron chi connectivity index (χ3n) is 6.30. The fourth-order valence-electron chi connectivity index (χ4n) is 4.08. The Labute approximate surface area is 222 Å². The van der Waals surface area contributed by atoms with Crippen LogP contribution in [-0.2, 0) is 24.6 Å². The van der Waals surface area contributed by atoms with Crippen molar-refractivity contribution in [2.24, 2.45) is 0 Å². The number of ether oxygens (including phenoxy) is 1. The number of carbonyl (C=O) groups is 1. The van der Waals surface area contributed by atoms with Crippen LogP contribution in [0.5, 0.6) is 0 Å². The van der Waals surface area contributed by atoms with Gasteiger partial charge in [-0.15, -0.1) is 0 Å². The maximum Gasteiger partial charge on any atom is 0.260 e. The van der Waals surface area contributed by atoms with Gasteiger partial charge >= 0.3 is 0 Å². The summed E-state index contributed by atoms with van der Waals surface area (Å²) in [6.07, 6.45) is 4.37. The lowest BCUT2D eigenvalue weighted by Gasteiger charge is -2.23. The van der Waals surface area contributed by atoms with Crippen molar-refractivity contribution in [3.8, 4) is 0 Å². The molecule has 1 aromatic heterocycles. The number of aromatic nitrogens is 1. The SMILES string of the molecule is CCCCN(C)S(=O)(=O)c1ccc(C(=O)N(CC2CCCO2)c2nc3ccc(S(C)(=O)=O)cc3s2)cc1. The summed E-state index contributed by atoms with van der Waals surface area (Å²) < 4.78 is 57.5. The molecule has 1 aliphatic heterocycles. The van der Waals surface area contributed by atoms with E-state index in [0.29, 0.717) is 34.1 Å². The molecule has 3 aromatic rings. The van der Waals surface area contributed by atoms with Crippen LogP contribution in [0.15, 0.2) is 52.3 Å². The second kappa shape index (κ2) is 11.2. The normalized spacial score (nSPS) is 16.5. The third kappa shape index (κ3) is 6.20. The van der Waals surface area contributed by atoms with Crippen molar-refractivity contribution in [3.05, 3.63) is 48.0 Å². The second-order valence-corrected chi connectivity index (χ2v) is 14.2. The molecule has 0 bridgehead atoms. The molecule has 1 unspecified atom stereocenters. The Morgan fingerprint density at radius 1 is 1.11 bits per heavy atom. The van der Waals surface area contributed by atoms with E-state index in [1.54, 1.807) is 19.2 Å². The number of hydrogen-bond donors (Lipinski definition) is 0. The lowest BCUT2D eigenvalue weighted by atomic mass is 10.2. The molecule has 2 aromatic carbocycles. The monoisotopic (exact) mass is 565 g/mol. The maximum absolute atomic E-state index is 13.7. The highest BCUT2D eigenvalue weighted by Crippen LogP contribution is 2.32. The Kier molecular flexibility index (Phi) is 8.34. The van der Waals surface area contributed by atoms with E-state index in [9.17, 15) is 21.6 Å². The number of thiazole rings is 1. The zero-order valence-electron chi connectivity index (χ0n) is 21.1. The number of carbonyl (C=O) groups excluding carboxylic acids is 1. The minimum absolute atomic E-state index is 0.127. The number of sulfone groups is 1. The van der Waals surface area contributed by atoms with Gasteiger partial charge in [0.15, 0.2) is 15.0 Å². The molecule has 37 heavy (non-hydrogen) atoms. The molecule has 4 rings (SSSR count). The predicted octanol–water partition coefficient (Wildman–Crippen LogP) is 3.95. The molecule has 0 N–H and O–H groups in total. The Hall–Kier alpha value is -2.38. The highest BCUT2D eigenvalue weighted by atomic mass is 32.2. The van der Waals surface area contributed by atoms with Gasteiger partial charge in [0.1, 0.15) is 0 Å². The summed E-state index contributed by atoms with van der Waals surface area (Å²) in [5.41, 5.74) is 0.915. The van der Waals surface area contributed by atoms with Gasteiger partial charge in [0.05, 0.1) is 32.7 Å². The lowest BCUT2D eigenvalue weighted by Crippen LogP contribution is -2.37. The average molecular weight is 566 g/mol. The van der Waals surface area contributed by atoms with Gasteiger partial charge in [-0.3, -0.25) is 9.69 Å². The summed E-state index contributed by atoms with van der Waals surface area (Å²) in [6, 6.07) is 10.6. The van der Waals surface area contributed by atoms with Crippen molar-refractivity contribution in [2.45, 2.75) is 48.5 Å². The van der Waals surface area contributed by atoms with Crippen LogP contribution in [0.4, 0.5) is 5.13 Å². The molecule has 0 aliphatic carbocycles. The highest BCUT2D eigenvalue weighted by molar-refractivity contribution is 7.90. The van der Waals surface area contributed by atoms with Crippen LogP contribution >= 0.6 is 11.3 Å². The predicted molar refractivity (Wildman–Crippen MR) is 145 cm³/mol. The standard InChI is InChI=1S/C25H31N3O6S3/c1-4-5-14-27(2)37(32,33)20-10-8-18(9-11-20)24(29)28(17-19-7-6-15-34-19)25-26-22-13-12-21(36(3,30)31)16-23(22)35-25/h8-13,16,19H,4-7,14-15,17H2,1-3H3. The van der Waals surface area contributed by atoms with Crippen molar-refractivity contribution in [1.82, 2.24) is 9.29 Å². The molecular formula is C25H31N3O6S3. The lowest BCUT2D eigenvalue weighted by molar-refractivity contribution is 0.0917. The Morgan fingerprint density at radius 3 is 2.43 bits per heavy atom. The van der Waals surface area contributed by atoms with E-state index in [1.165, 1.54) is 50.9 Å². The van der Waals surface area contributed by atoms with Gasteiger partial charge in [-0.1, -0.05) is 24.7 Å². The Balaban J connectivity index is 1.65. The van der Waals surface area contributed by atoms with Crippen molar-refractivity contribution in [1.29, 1.82) is 0 Å². The number of fused-ring (bicyclic) bond motifs is 1. The molecular weight excluding hydrogens is 534 g/mol. The van der Waals surface area contributed by atoms with Crippen LogP contribution < -0.4 is 4.90 Å². The van der Waals surface area contributed by atoms with Crippen LogP contribution in [0.3, 0.4) is 0 Å². The fraction of sp³-hybridized carbons (Fsp3) is 0.440.